The fourth-order valence-corrected chi connectivity index (χ4v) is 5.03. The quantitative estimate of drug-likeness (QED) is 0.653. The number of halogens is 3. The van der Waals surface area contributed by atoms with Crippen LogP contribution in [0.3, 0.4) is 0 Å². The van der Waals surface area contributed by atoms with E-state index >= 15 is 0 Å². The van der Waals surface area contributed by atoms with E-state index in [0.29, 0.717) is 12.8 Å². The summed E-state index contributed by atoms with van der Waals surface area (Å²) >= 11 is 0. The van der Waals surface area contributed by atoms with Crippen molar-refractivity contribution >= 4 is 27.6 Å². The van der Waals surface area contributed by atoms with Gasteiger partial charge < -0.3 is 10.1 Å². The molecule has 2 aromatic rings. The molecule has 2 aromatic carbocycles. The summed E-state index contributed by atoms with van der Waals surface area (Å²) in [6.07, 6.45) is -3.15. The summed E-state index contributed by atoms with van der Waals surface area (Å²) < 4.78 is 70.3. The molecule has 0 saturated carbocycles. The second kappa shape index (κ2) is 9.70. The topological polar surface area (TPSA) is 92.8 Å². The Hall–Kier alpha value is -2.92. The number of hydrogen-bond acceptors (Lipinski definition) is 5. The number of hydrogen-bond donors (Lipinski definition) is 1. The van der Waals surface area contributed by atoms with Crippen LogP contribution in [0.2, 0.25) is 0 Å². The number of piperidine rings is 1. The zero-order chi connectivity index (χ0) is 23.4. The molecule has 1 heterocycles. The summed E-state index contributed by atoms with van der Waals surface area (Å²) in [4.78, 5) is 24.7. The van der Waals surface area contributed by atoms with Crippen LogP contribution in [-0.4, -0.2) is 43.8 Å². The normalized spacial score (nSPS) is 17.5. The molecule has 1 aliphatic heterocycles. The predicted molar refractivity (Wildman–Crippen MR) is 109 cm³/mol. The standard InChI is InChI=1S/C21H21F3N2O5S/c22-21(23,24)15-7-6-8-16(13-15)25-19(27)14-31-20(28)18-11-4-5-12-26(18)32(29,30)17-9-2-1-3-10-17/h1-3,6-10,13,18H,4-5,11-12,14H2,(H,25,27). The minimum atomic E-state index is -4.57. The van der Waals surface area contributed by atoms with E-state index in [2.05, 4.69) is 5.32 Å². The van der Waals surface area contributed by atoms with Crippen molar-refractivity contribution in [2.24, 2.45) is 0 Å². The van der Waals surface area contributed by atoms with Gasteiger partial charge >= 0.3 is 12.1 Å². The number of ether oxygens (including phenoxy) is 1. The van der Waals surface area contributed by atoms with Gasteiger partial charge in [-0.1, -0.05) is 24.3 Å². The van der Waals surface area contributed by atoms with Crippen molar-refractivity contribution < 1.29 is 35.9 Å². The molecule has 32 heavy (non-hydrogen) atoms. The third kappa shape index (κ3) is 5.65. The molecular weight excluding hydrogens is 449 g/mol. The fourth-order valence-electron chi connectivity index (χ4n) is 3.36. The number of esters is 1. The van der Waals surface area contributed by atoms with Crippen molar-refractivity contribution in [3.8, 4) is 0 Å². The lowest BCUT2D eigenvalue weighted by atomic mass is 10.1. The molecule has 7 nitrogen and oxygen atoms in total. The summed E-state index contributed by atoms with van der Waals surface area (Å²) in [6, 6.07) is 10.6. The third-order valence-corrected chi connectivity index (χ3v) is 6.82. The van der Waals surface area contributed by atoms with Crippen LogP contribution in [0.5, 0.6) is 0 Å². The molecule has 1 amide bonds. The molecule has 1 fully saturated rings. The third-order valence-electron chi connectivity index (χ3n) is 4.89. The molecule has 0 spiro atoms. The van der Waals surface area contributed by atoms with E-state index in [-0.39, 0.29) is 23.5 Å². The first-order chi connectivity index (χ1) is 15.1. The van der Waals surface area contributed by atoms with Gasteiger partial charge in [0.25, 0.3) is 5.91 Å². The lowest BCUT2D eigenvalue weighted by Crippen LogP contribution is -2.48. The van der Waals surface area contributed by atoms with Crippen LogP contribution in [0, 0.1) is 0 Å². The molecule has 1 atom stereocenters. The maximum Gasteiger partial charge on any atom is 0.416 e. The summed E-state index contributed by atoms with van der Waals surface area (Å²) in [7, 11) is -3.94. The number of nitrogens with one attached hydrogen (secondary N) is 1. The van der Waals surface area contributed by atoms with Crippen LogP contribution in [0.25, 0.3) is 0 Å². The first kappa shape index (κ1) is 23.7. The van der Waals surface area contributed by atoms with Crippen molar-refractivity contribution in [3.63, 3.8) is 0 Å². The van der Waals surface area contributed by atoms with Gasteiger partial charge in [-0.2, -0.15) is 17.5 Å². The first-order valence-corrected chi connectivity index (χ1v) is 11.2. The van der Waals surface area contributed by atoms with Gasteiger partial charge in [0.1, 0.15) is 6.04 Å². The Labute approximate surface area is 183 Å². The number of benzene rings is 2. The second-order valence-corrected chi connectivity index (χ2v) is 9.07. The van der Waals surface area contributed by atoms with Crippen molar-refractivity contribution in [3.05, 3.63) is 60.2 Å². The SMILES string of the molecule is O=C(COC(=O)C1CCCCN1S(=O)(=O)c1ccccc1)Nc1cccc(C(F)(F)F)c1. The van der Waals surface area contributed by atoms with Gasteiger partial charge in [0, 0.05) is 12.2 Å². The monoisotopic (exact) mass is 470 g/mol. The van der Waals surface area contributed by atoms with Crippen LogP contribution in [0.1, 0.15) is 24.8 Å². The average Bonchev–Trinajstić information content (AvgIpc) is 2.77. The van der Waals surface area contributed by atoms with Crippen molar-refractivity contribution in [1.82, 2.24) is 4.31 Å². The molecule has 1 unspecified atom stereocenters. The van der Waals surface area contributed by atoms with Gasteiger partial charge in [0.15, 0.2) is 6.61 Å². The number of alkyl halides is 3. The molecule has 1 N–H and O–H groups in total. The van der Waals surface area contributed by atoms with Gasteiger partial charge in [-0.15, -0.1) is 0 Å². The maximum atomic E-state index is 12.9. The molecular formula is C21H21F3N2O5S. The van der Waals surface area contributed by atoms with E-state index in [1.807, 2.05) is 0 Å². The van der Waals surface area contributed by atoms with Crippen molar-refractivity contribution in [2.45, 2.75) is 36.4 Å². The zero-order valence-corrected chi connectivity index (χ0v) is 17.7. The summed E-state index contributed by atoms with van der Waals surface area (Å²) in [5.74, 6) is -1.73. The van der Waals surface area contributed by atoms with E-state index in [9.17, 15) is 31.2 Å². The van der Waals surface area contributed by atoms with Crippen LogP contribution in [-0.2, 0) is 30.5 Å². The van der Waals surface area contributed by atoms with Crippen LogP contribution >= 0.6 is 0 Å². The Morgan fingerprint density at radius 2 is 1.78 bits per heavy atom. The molecule has 11 heteroatoms. The zero-order valence-electron chi connectivity index (χ0n) is 16.8. The van der Waals surface area contributed by atoms with Crippen LogP contribution in [0.15, 0.2) is 59.5 Å². The summed E-state index contributed by atoms with van der Waals surface area (Å²) in [6.45, 7) is -0.627. The number of anilines is 1. The fraction of sp³-hybridized carbons (Fsp3) is 0.333. The summed E-state index contributed by atoms with van der Waals surface area (Å²) in [5, 5.41) is 2.23. The number of sulfonamides is 1. The van der Waals surface area contributed by atoms with Crippen molar-refractivity contribution in [2.75, 3.05) is 18.5 Å². The number of carbonyl (C=O) groups excluding carboxylic acids is 2. The summed E-state index contributed by atoms with van der Waals surface area (Å²) in [5.41, 5.74) is -1.04. The van der Waals surface area contributed by atoms with E-state index in [1.54, 1.807) is 18.2 Å². The van der Waals surface area contributed by atoms with Gasteiger partial charge in [-0.05, 0) is 49.6 Å². The van der Waals surface area contributed by atoms with E-state index in [4.69, 9.17) is 4.74 Å². The van der Waals surface area contributed by atoms with E-state index in [0.717, 1.165) is 22.5 Å². The maximum absolute atomic E-state index is 12.9. The lowest BCUT2D eigenvalue weighted by Gasteiger charge is -2.32. The highest BCUT2D eigenvalue weighted by Gasteiger charge is 2.38. The average molecular weight is 470 g/mol. The van der Waals surface area contributed by atoms with Gasteiger partial charge in [0.05, 0.1) is 10.5 Å². The molecule has 0 radical (unpaired) electrons. The minimum Gasteiger partial charge on any atom is -0.454 e. The number of amides is 1. The largest absolute Gasteiger partial charge is 0.454 e. The second-order valence-electron chi connectivity index (χ2n) is 7.17. The number of carbonyl (C=O) groups is 2. The number of nitrogens with zero attached hydrogens (tertiary/aromatic N) is 1. The van der Waals surface area contributed by atoms with Gasteiger partial charge in [-0.3, -0.25) is 9.59 Å². The molecule has 0 aromatic heterocycles. The van der Waals surface area contributed by atoms with Crippen LogP contribution < -0.4 is 5.32 Å². The Kier molecular flexibility index (Phi) is 7.19. The molecule has 0 aliphatic carbocycles. The molecule has 172 valence electrons. The van der Waals surface area contributed by atoms with Crippen LogP contribution in [0.4, 0.5) is 18.9 Å². The molecule has 0 bridgehead atoms. The Morgan fingerprint density at radius 1 is 1.06 bits per heavy atom. The molecule has 1 saturated heterocycles. The highest BCUT2D eigenvalue weighted by molar-refractivity contribution is 7.89. The number of rotatable bonds is 6. The minimum absolute atomic E-state index is 0.0435. The van der Waals surface area contributed by atoms with E-state index < -0.39 is 46.3 Å². The molecule has 1 aliphatic rings. The predicted octanol–water partition coefficient (Wildman–Crippen LogP) is 3.43. The highest BCUT2D eigenvalue weighted by atomic mass is 32.2. The Balaban J connectivity index is 1.64. The van der Waals surface area contributed by atoms with E-state index in [1.165, 1.54) is 18.2 Å². The Bertz CT molecular complexity index is 1070. The molecule has 3 rings (SSSR count). The van der Waals surface area contributed by atoms with Gasteiger partial charge in [0.2, 0.25) is 10.0 Å². The van der Waals surface area contributed by atoms with Gasteiger partial charge in [-0.25, -0.2) is 8.42 Å². The lowest BCUT2D eigenvalue weighted by molar-refractivity contribution is -0.152. The highest BCUT2D eigenvalue weighted by Crippen LogP contribution is 2.30. The Morgan fingerprint density at radius 3 is 2.47 bits per heavy atom. The smallest absolute Gasteiger partial charge is 0.416 e. The van der Waals surface area contributed by atoms with Crippen molar-refractivity contribution in [1.29, 1.82) is 0 Å². The first-order valence-electron chi connectivity index (χ1n) is 9.79.